The Bertz CT molecular complexity index is 912. The van der Waals surface area contributed by atoms with Gasteiger partial charge in [-0.05, 0) is 41.8 Å². The summed E-state index contributed by atoms with van der Waals surface area (Å²) in [5.41, 5.74) is -1.08. The van der Waals surface area contributed by atoms with Gasteiger partial charge in [0.15, 0.2) is 0 Å². The number of ether oxygens (including phenoxy) is 1. The average molecular weight is 408 g/mol. The van der Waals surface area contributed by atoms with E-state index in [-0.39, 0.29) is 21.6 Å². The number of hydrogen-bond acceptors (Lipinski definition) is 3. The van der Waals surface area contributed by atoms with E-state index in [2.05, 4.69) is 0 Å². The highest BCUT2D eigenvalue weighted by atomic mass is 35.5. The highest BCUT2D eigenvalue weighted by Gasteiger charge is 2.35. The number of halogens is 4. The molecule has 0 heterocycles. The predicted octanol–water partition coefficient (Wildman–Crippen LogP) is 5.29. The number of anilines is 1. The van der Waals surface area contributed by atoms with Gasteiger partial charge in [0.1, 0.15) is 10.6 Å². The Morgan fingerprint density at radius 2 is 1.77 bits per heavy atom. The minimum atomic E-state index is -4.77. The third kappa shape index (κ3) is 4.42. The molecule has 2 aromatic rings. The topological polar surface area (TPSA) is 55.4 Å². The van der Waals surface area contributed by atoms with Crippen molar-refractivity contribution < 1.29 is 26.3 Å². The molecule has 0 aliphatic carbocycles. The molecule has 0 unspecified atom stereocenters. The lowest BCUT2D eigenvalue weighted by molar-refractivity contribution is -0.136. The second-order valence-electron chi connectivity index (χ2n) is 5.86. The molecule has 0 bridgehead atoms. The van der Waals surface area contributed by atoms with E-state index in [1.54, 1.807) is 6.07 Å². The molecular weight excluding hydrogens is 391 g/mol. The van der Waals surface area contributed by atoms with E-state index in [0.717, 1.165) is 6.07 Å². The number of benzene rings is 2. The number of nitrogens with one attached hydrogen (secondary N) is 1. The fraction of sp³-hybridized carbons (Fsp3) is 0.294. The van der Waals surface area contributed by atoms with Crippen LogP contribution in [-0.4, -0.2) is 15.5 Å². The highest BCUT2D eigenvalue weighted by molar-refractivity contribution is 7.92. The van der Waals surface area contributed by atoms with Crippen molar-refractivity contribution in [2.75, 3.05) is 11.8 Å². The lowest BCUT2D eigenvalue weighted by atomic mass is 10.0. The maximum absolute atomic E-state index is 13.2. The maximum Gasteiger partial charge on any atom is 0.418 e. The lowest BCUT2D eigenvalue weighted by Gasteiger charge is -2.17. The first kappa shape index (κ1) is 20.4. The molecule has 0 aromatic heterocycles. The van der Waals surface area contributed by atoms with E-state index in [1.807, 2.05) is 18.6 Å². The standard InChI is InChI=1S/C17H17ClF3NO3S/c1-10(2)11-4-7-15(25-3)16(8-11)26(23,24)22-14-6-5-12(18)9-13(14)17(19,20)21/h4-10,22H,1-3H3. The minimum absolute atomic E-state index is 0.0242. The molecular formula is C17H17ClF3NO3S. The Hall–Kier alpha value is -1.93. The van der Waals surface area contributed by atoms with E-state index in [9.17, 15) is 21.6 Å². The minimum Gasteiger partial charge on any atom is -0.495 e. The fourth-order valence-electron chi connectivity index (χ4n) is 2.30. The molecule has 0 atom stereocenters. The van der Waals surface area contributed by atoms with Crippen LogP contribution in [0, 0.1) is 0 Å². The first-order valence-electron chi connectivity index (χ1n) is 7.53. The molecule has 26 heavy (non-hydrogen) atoms. The lowest BCUT2D eigenvalue weighted by Crippen LogP contribution is -2.18. The highest BCUT2D eigenvalue weighted by Crippen LogP contribution is 2.38. The van der Waals surface area contributed by atoms with Gasteiger partial charge in [-0.15, -0.1) is 0 Å². The van der Waals surface area contributed by atoms with Crippen molar-refractivity contribution in [2.45, 2.75) is 30.8 Å². The largest absolute Gasteiger partial charge is 0.495 e. The van der Waals surface area contributed by atoms with Crippen LogP contribution in [-0.2, 0) is 16.2 Å². The number of alkyl halides is 3. The maximum atomic E-state index is 13.2. The van der Waals surface area contributed by atoms with Crippen LogP contribution in [0.1, 0.15) is 30.9 Å². The first-order chi connectivity index (χ1) is 12.0. The third-order valence-electron chi connectivity index (χ3n) is 3.68. The average Bonchev–Trinajstić information content (AvgIpc) is 2.54. The Labute approximate surface area is 155 Å². The van der Waals surface area contributed by atoms with Crippen molar-refractivity contribution in [3.63, 3.8) is 0 Å². The van der Waals surface area contributed by atoms with E-state index < -0.39 is 27.5 Å². The summed E-state index contributed by atoms with van der Waals surface area (Å²) in [5.74, 6) is 0.0561. The quantitative estimate of drug-likeness (QED) is 0.732. The normalized spacial score (nSPS) is 12.3. The molecule has 0 amide bonds. The van der Waals surface area contributed by atoms with Gasteiger partial charge in [-0.2, -0.15) is 13.2 Å². The Morgan fingerprint density at radius 3 is 2.31 bits per heavy atom. The van der Waals surface area contributed by atoms with Crippen LogP contribution in [0.5, 0.6) is 5.75 Å². The summed E-state index contributed by atoms with van der Waals surface area (Å²) in [7, 11) is -3.04. The molecule has 0 radical (unpaired) electrons. The van der Waals surface area contributed by atoms with Crippen LogP contribution in [0.2, 0.25) is 5.02 Å². The van der Waals surface area contributed by atoms with Crippen molar-refractivity contribution in [1.29, 1.82) is 0 Å². The molecule has 4 nitrogen and oxygen atoms in total. The predicted molar refractivity (Wildman–Crippen MR) is 94.3 cm³/mol. The Kier molecular flexibility index (Phi) is 5.77. The number of sulfonamides is 1. The summed E-state index contributed by atoms with van der Waals surface area (Å²) in [5, 5.41) is -0.153. The van der Waals surface area contributed by atoms with Crippen LogP contribution < -0.4 is 9.46 Å². The zero-order valence-electron chi connectivity index (χ0n) is 14.2. The second-order valence-corrected chi connectivity index (χ2v) is 7.95. The van der Waals surface area contributed by atoms with E-state index >= 15 is 0 Å². The van der Waals surface area contributed by atoms with Gasteiger partial charge in [0.25, 0.3) is 10.0 Å². The van der Waals surface area contributed by atoms with Gasteiger partial charge in [0.05, 0.1) is 18.4 Å². The smallest absolute Gasteiger partial charge is 0.418 e. The van der Waals surface area contributed by atoms with Crippen LogP contribution in [0.3, 0.4) is 0 Å². The molecule has 0 aliphatic heterocycles. The molecule has 0 aliphatic rings. The van der Waals surface area contributed by atoms with E-state index in [4.69, 9.17) is 16.3 Å². The van der Waals surface area contributed by atoms with Crippen LogP contribution in [0.15, 0.2) is 41.3 Å². The molecule has 2 aromatic carbocycles. The van der Waals surface area contributed by atoms with Crippen molar-refractivity contribution in [2.24, 2.45) is 0 Å². The van der Waals surface area contributed by atoms with Crippen LogP contribution in [0.25, 0.3) is 0 Å². The van der Waals surface area contributed by atoms with Gasteiger partial charge < -0.3 is 4.74 Å². The third-order valence-corrected chi connectivity index (χ3v) is 5.30. The second kappa shape index (κ2) is 7.36. The number of methoxy groups -OCH3 is 1. The monoisotopic (exact) mass is 407 g/mol. The van der Waals surface area contributed by atoms with Gasteiger partial charge in [0, 0.05) is 5.02 Å². The molecule has 0 saturated carbocycles. The molecule has 0 fully saturated rings. The summed E-state index contributed by atoms with van der Waals surface area (Å²) < 4.78 is 72.1. The zero-order chi connectivity index (χ0) is 19.7. The van der Waals surface area contributed by atoms with E-state index in [1.165, 1.54) is 25.3 Å². The zero-order valence-corrected chi connectivity index (χ0v) is 15.8. The number of hydrogen-bond donors (Lipinski definition) is 1. The molecule has 0 saturated heterocycles. The molecule has 1 N–H and O–H groups in total. The van der Waals surface area contributed by atoms with Gasteiger partial charge in [-0.25, -0.2) is 8.42 Å². The van der Waals surface area contributed by atoms with E-state index in [0.29, 0.717) is 11.6 Å². The summed E-state index contributed by atoms with van der Waals surface area (Å²) in [6.45, 7) is 3.74. The fourth-order valence-corrected chi connectivity index (χ4v) is 3.76. The van der Waals surface area contributed by atoms with Crippen LogP contribution >= 0.6 is 11.6 Å². The van der Waals surface area contributed by atoms with Gasteiger partial charge in [0.2, 0.25) is 0 Å². The van der Waals surface area contributed by atoms with Crippen molar-refractivity contribution >= 4 is 27.3 Å². The van der Waals surface area contributed by atoms with Crippen molar-refractivity contribution in [3.8, 4) is 5.75 Å². The molecule has 0 spiro atoms. The molecule has 2 rings (SSSR count). The SMILES string of the molecule is COc1ccc(C(C)C)cc1S(=O)(=O)Nc1ccc(Cl)cc1C(F)(F)F. The molecule has 142 valence electrons. The Morgan fingerprint density at radius 1 is 1.12 bits per heavy atom. The van der Waals surface area contributed by atoms with Gasteiger partial charge in [-0.1, -0.05) is 31.5 Å². The van der Waals surface area contributed by atoms with Crippen LogP contribution in [0.4, 0.5) is 18.9 Å². The summed E-state index contributed by atoms with van der Waals surface area (Å²) >= 11 is 5.62. The Balaban J connectivity index is 2.56. The summed E-state index contributed by atoms with van der Waals surface area (Å²) in [4.78, 5) is -0.241. The first-order valence-corrected chi connectivity index (χ1v) is 9.39. The van der Waals surface area contributed by atoms with Crippen molar-refractivity contribution in [3.05, 3.63) is 52.5 Å². The molecule has 9 heteroatoms. The van der Waals surface area contributed by atoms with Gasteiger partial charge in [-0.3, -0.25) is 4.72 Å². The number of rotatable bonds is 5. The van der Waals surface area contributed by atoms with Gasteiger partial charge >= 0.3 is 6.18 Å². The van der Waals surface area contributed by atoms with Crippen molar-refractivity contribution in [1.82, 2.24) is 0 Å². The summed E-state index contributed by atoms with van der Waals surface area (Å²) in [6.07, 6.45) is -4.77. The summed E-state index contributed by atoms with van der Waals surface area (Å²) in [6, 6.07) is 7.37.